The highest BCUT2D eigenvalue weighted by molar-refractivity contribution is 5.83. The quantitative estimate of drug-likeness (QED) is 0.629. The zero-order valence-corrected chi connectivity index (χ0v) is 10.8. The predicted octanol–water partition coefficient (Wildman–Crippen LogP) is 2.57. The summed E-state index contributed by atoms with van der Waals surface area (Å²) >= 11 is 0. The molecule has 0 aliphatic heterocycles. The molecular formula is C13H16N2O4. The molecule has 102 valence electrons. The van der Waals surface area contributed by atoms with E-state index >= 15 is 0 Å². The zero-order chi connectivity index (χ0) is 14.2. The number of aliphatic carboxylic acids is 1. The van der Waals surface area contributed by atoms with Crippen molar-refractivity contribution in [2.45, 2.75) is 32.2 Å². The lowest BCUT2D eigenvalue weighted by molar-refractivity contribution is -0.385. The van der Waals surface area contributed by atoms with Gasteiger partial charge in [-0.25, -0.2) is 4.79 Å². The van der Waals surface area contributed by atoms with E-state index in [9.17, 15) is 20.0 Å². The van der Waals surface area contributed by atoms with Gasteiger partial charge in [-0.3, -0.25) is 10.1 Å². The van der Waals surface area contributed by atoms with Crippen LogP contribution in [-0.2, 0) is 4.79 Å². The van der Waals surface area contributed by atoms with E-state index in [2.05, 4.69) is 5.32 Å². The average Bonchev–Trinajstić information content (AvgIpc) is 3.11. The van der Waals surface area contributed by atoms with Crippen LogP contribution in [0.2, 0.25) is 0 Å². The largest absolute Gasteiger partial charge is 0.480 e. The van der Waals surface area contributed by atoms with Crippen molar-refractivity contribution in [1.29, 1.82) is 0 Å². The summed E-state index contributed by atoms with van der Waals surface area (Å²) in [6.07, 6.45) is 1.78. The minimum atomic E-state index is -1.01. The van der Waals surface area contributed by atoms with Gasteiger partial charge in [-0.1, -0.05) is 0 Å². The fraction of sp³-hybridized carbons (Fsp3) is 0.462. The Balaban J connectivity index is 2.25. The first-order valence-electron chi connectivity index (χ1n) is 6.11. The molecule has 1 aliphatic carbocycles. The summed E-state index contributed by atoms with van der Waals surface area (Å²) in [6.45, 7) is 3.29. The van der Waals surface area contributed by atoms with E-state index in [0.717, 1.165) is 12.8 Å². The van der Waals surface area contributed by atoms with Crippen molar-refractivity contribution in [3.8, 4) is 0 Å². The number of hydrogen-bond donors (Lipinski definition) is 2. The molecule has 2 N–H and O–H groups in total. The zero-order valence-electron chi connectivity index (χ0n) is 10.8. The van der Waals surface area contributed by atoms with Crippen molar-refractivity contribution in [3.05, 3.63) is 33.9 Å². The molecule has 0 aromatic heterocycles. The van der Waals surface area contributed by atoms with Crippen LogP contribution in [-0.4, -0.2) is 21.5 Å². The number of nitrogens with one attached hydrogen (secondary N) is 1. The Hall–Kier alpha value is -2.11. The molecule has 0 spiro atoms. The Morgan fingerprint density at radius 1 is 1.53 bits per heavy atom. The number of carbonyl (C=O) groups is 1. The summed E-state index contributed by atoms with van der Waals surface area (Å²) in [6, 6.07) is 4.56. The van der Waals surface area contributed by atoms with Gasteiger partial charge in [0.05, 0.1) is 4.92 Å². The molecule has 0 amide bonds. The van der Waals surface area contributed by atoms with Gasteiger partial charge in [0.25, 0.3) is 5.69 Å². The van der Waals surface area contributed by atoms with Gasteiger partial charge in [0.1, 0.15) is 5.54 Å². The standard InChI is InChI=1S/C13H16N2O4/c1-8-7-10(5-6-11(8)15(18)19)14-13(2,12(16)17)9-3-4-9/h5-7,9,14H,3-4H2,1-2H3,(H,16,17). The summed E-state index contributed by atoms with van der Waals surface area (Å²) in [5, 5.41) is 23.1. The lowest BCUT2D eigenvalue weighted by Gasteiger charge is -2.27. The van der Waals surface area contributed by atoms with Gasteiger partial charge in [-0.2, -0.15) is 0 Å². The molecule has 0 radical (unpaired) electrons. The van der Waals surface area contributed by atoms with Crippen LogP contribution in [0, 0.1) is 23.0 Å². The Kier molecular flexibility index (Phi) is 3.18. The normalized spacial score (nSPS) is 17.6. The van der Waals surface area contributed by atoms with E-state index in [0.29, 0.717) is 11.3 Å². The second-order valence-corrected chi connectivity index (χ2v) is 5.17. The molecule has 19 heavy (non-hydrogen) atoms. The molecular weight excluding hydrogens is 248 g/mol. The van der Waals surface area contributed by atoms with E-state index in [-0.39, 0.29) is 11.6 Å². The van der Waals surface area contributed by atoms with Crippen molar-refractivity contribution < 1.29 is 14.8 Å². The number of rotatable bonds is 5. The van der Waals surface area contributed by atoms with Crippen LogP contribution in [0.4, 0.5) is 11.4 Å². The van der Waals surface area contributed by atoms with E-state index in [1.165, 1.54) is 6.07 Å². The first-order chi connectivity index (χ1) is 8.84. The maximum atomic E-state index is 11.4. The fourth-order valence-corrected chi connectivity index (χ4v) is 2.23. The smallest absolute Gasteiger partial charge is 0.329 e. The third-order valence-electron chi connectivity index (χ3n) is 3.64. The molecule has 1 fully saturated rings. The monoisotopic (exact) mass is 264 g/mol. The molecule has 1 atom stereocenters. The first kappa shape index (κ1) is 13.3. The minimum absolute atomic E-state index is 0.0361. The third-order valence-corrected chi connectivity index (χ3v) is 3.64. The van der Waals surface area contributed by atoms with Crippen molar-refractivity contribution in [2.75, 3.05) is 5.32 Å². The summed E-state index contributed by atoms with van der Waals surface area (Å²) in [7, 11) is 0. The topological polar surface area (TPSA) is 92.5 Å². The number of carboxylic acids is 1. The molecule has 1 aliphatic rings. The lowest BCUT2D eigenvalue weighted by Crippen LogP contribution is -2.45. The maximum absolute atomic E-state index is 11.4. The van der Waals surface area contributed by atoms with Gasteiger partial charge >= 0.3 is 5.97 Å². The van der Waals surface area contributed by atoms with Crippen molar-refractivity contribution >= 4 is 17.3 Å². The highest BCUT2D eigenvalue weighted by Gasteiger charge is 2.47. The first-order valence-corrected chi connectivity index (χ1v) is 6.11. The summed E-state index contributed by atoms with van der Waals surface area (Å²) in [4.78, 5) is 21.7. The Morgan fingerprint density at radius 3 is 2.58 bits per heavy atom. The Labute approximate surface area is 110 Å². The molecule has 6 heteroatoms. The number of hydrogen-bond acceptors (Lipinski definition) is 4. The number of benzene rings is 1. The van der Waals surface area contributed by atoms with Crippen LogP contribution >= 0.6 is 0 Å². The molecule has 2 rings (SSSR count). The highest BCUT2D eigenvalue weighted by atomic mass is 16.6. The molecule has 1 aromatic carbocycles. The Bertz CT molecular complexity index is 539. The number of aryl methyl sites for hydroxylation is 1. The number of carboxylic acid groups (broad SMARTS) is 1. The lowest BCUT2D eigenvalue weighted by atomic mass is 9.95. The van der Waals surface area contributed by atoms with Crippen LogP contribution in [0.15, 0.2) is 18.2 Å². The van der Waals surface area contributed by atoms with E-state index in [4.69, 9.17) is 0 Å². The van der Waals surface area contributed by atoms with E-state index in [1.807, 2.05) is 0 Å². The predicted molar refractivity (Wildman–Crippen MR) is 70.2 cm³/mol. The Morgan fingerprint density at radius 2 is 2.16 bits per heavy atom. The SMILES string of the molecule is Cc1cc(NC(C)(C(=O)O)C2CC2)ccc1[N+](=O)[O-]. The van der Waals surface area contributed by atoms with E-state index < -0.39 is 16.4 Å². The second-order valence-electron chi connectivity index (χ2n) is 5.17. The summed E-state index contributed by atoms with van der Waals surface area (Å²) in [5.41, 5.74) is 0.134. The number of nitro groups is 1. The minimum Gasteiger partial charge on any atom is -0.480 e. The van der Waals surface area contributed by atoms with Gasteiger partial charge in [0, 0.05) is 17.3 Å². The van der Waals surface area contributed by atoms with Gasteiger partial charge in [0.2, 0.25) is 0 Å². The highest BCUT2D eigenvalue weighted by Crippen LogP contribution is 2.41. The van der Waals surface area contributed by atoms with Crippen molar-refractivity contribution in [1.82, 2.24) is 0 Å². The van der Waals surface area contributed by atoms with Gasteiger partial charge in [-0.15, -0.1) is 0 Å². The van der Waals surface area contributed by atoms with Crippen LogP contribution < -0.4 is 5.32 Å². The van der Waals surface area contributed by atoms with Gasteiger partial charge in [-0.05, 0) is 44.7 Å². The molecule has 0 saturated heterocycles. The van der Waals surface area contributed by atoms with Crippen LogP contribution in [0.3, 0.4) is 0 Å². The number of nitro benzene ring substituents is 1. The number of nitrogens with zero attached hydrogens (tertiary/aromatic N) is 1. The van der Waals surface area contributed by atoms with Crippen molar-refractivity contribution in [3.63, 3.8) is 0 Å². The van der Waals surface area contributed by atoms with Crippen LogP contribution in [0.5, 0.6) is 0 Å². The van der Waals surface area contributed by atoms with Gasteiger partial charge in [0.15, 0.2) is 0 Å². The summed E-state index contributed by atoms with van der Waals surface area (Å²) in [5.74, 6) is -0.786. The third kappa shape index (κ3) is 2.52. The molecule has 6 nitrogen and oxygen atoms in total. The van der Waals surface area contributed by atoms with E-state index in [1.54, 1.807) is 26.0 Å². The van der Waals surface area contributed by atoms with Gasteiger partial charge < -0.3 is 10.4 Å². The average molecular weight is 264 g/mol. The molecule has 0 heterocycles. The van der Waals surface area contributed by atoms with Crippen LogP contribution in [0.25, 0.3) is 0 Å². The second kappa shape index (κ2) is 4.53. The number of anilines is 1. The molecule has 1 aromatic rings. The molecule has 0 bridgehead atoms. The molecule has 1 unspecified atom stereocenters. The van der Waals surface area contributed by atoms with Crippen molar-refractivity contribution in [2.24, 2.45) is 5.92 Å². The molecule has 1 saturated carbocycles. The summed E-state index contributed by atoms with van der Waals surface area (Å²) < 4.78 is 0. The maximum Gasteiger partial charge on any atom is 0.329 e. The fourth-order valence-electron chi connectivity index (χ4n) is 2.23. The van der Waals surface area contributed by atoms with Crippen LogP contribution in [0.1, 0.15) is 25.3 Å².